The summed E-state index contributed by atoms with van der Waals surface area (Å²) >= 11 is 0. The quantitative estimate of drug-likeness (QED) is 0.278. The lowest BCUT2D eigenvalue weighted by molar-refractivity contribution is -0.122. The van der Waals surface area contributed by atoms with Crippen LogP contribution in [0.4, 0.5) is 22.7 Å². The molecular weight excluding hydrogens is 460 g/mol. The molecule has 0 unspecified atom stereocenters. The predicted molar refractivity (Wildman–Crippen MR) is 146 cm³/mol. The first kappa shape index (κ1) is 23.6. The molecule has 0 radical (unpaired) electrons. The highest BCUT2D eigenvalue weighted by atomic mass is 16.5. The zero-order chi connectivity index (χ0) is 25.6. The molecule has 0 saturated carbocycles. The molecule has 0 aliphatic carbocycles. The molecule has 0 spiro atoms. The molecule has 180 valence electrons. The van der Waals surface area contributed by atoms with Gasteiger partial charge < -0.3 is 9.64 Å². The summed E-state index contributed by atoms with van der Waals surface area (Å²) in [6, 6.07) is 37.5. The summed E-state index contributed by atoms with van der Waals surface area (Å²) in [5.74, 6) is -0.0827. The van der Waals surface area contributed by atoms with Gasteiger partial charge in [-0.25, -0.2) is 0 Å². The van der Waals surface area contributed by atoms with E-state index in [0.717, 1.165) is 22.6 Å². The number of ether oxygens (including phenoxy) is 1. The van der Waals surface area contributed by atoms with Crippen molar-refractivity contribution in [3.63, 3.8) is 0 Å². The molecule has 0 bridgehead atoms. The van der Waals surface area contributed by atoms with Gasteiger partial charge in [-0.05, 0) is 67.1 Å². The van der Waals surface area contributed by atoms with Crippen LogP contribution in [0.3, 0.4) is 0 Å². The second-order valence-corrected chi connectivity index (χ2v) is 8.28. The van der Waals surface area contributed by atoms with Gasteiger partial charge in [0.2, 0.25) is 0 Å². The maximum Gasteiger partial charge on any atom is 0.305 e. The average molecular weight is 485 g/mol. The Kier molecular flexibility index (Phi) is 6.78. The Bertz CT molecular complexity index is 1470. The van der Waals surface area contributed by atoms with Crippen LogP contribution in [0, 0.1) is 11.3 Å². The van der Waals surface area contributed by atoms with E-state index in [1.807, 2.05) is 67.6 Å². The number of aliphatic imine (C=N–C) groups is 1. The van der Waals surface area contributed by atoms with E-state index in [-0.39, 0.29) is 17.7 Å². The Labute approximate surface area is 216 Å². The van der Waals surface area contributed by atoms with Crippen molar-refractivity contribution in [3.05, 3.63) is 126 Å². The van der Waals surface area contributed by atoms with Crippen LogP contribution in [0.15, 0.2) is 120 Å². The van der Waals surface area contributed by atoms with Crippen molar-refractivity contribution in [2.24, 2.45) is 4.99 Å². The number of nitriles is 1. The summed E-state index contributed by atoms with van der Waals surface area (Å²) in [7, 11) is 0. The zero-order valence-corrected chi connectivity index (χ0v) is 20.3. The second kappa shape index (κ2) is 10.6. The second-order valence-electron chi connectivity index (χ2n) is 8.28. The van der Waals surface area contributed by atoms with Crippen molar-refractivity contribution in [2.75, 3.05) is 11.4 Å². The number of likely N-dealkylation sites (N-methyl/N-ethyl adjacent to an activating group) is 1. The van der Waals surface area contributed by atoms with Gasteiger partial charge in [-0.3, -0.25) is 9.69 Å². The van der Waals surface area contributed by atoms with Crippen molar-refractivity contribution >= 4 is 40.8 Å². The molecular formula is C31H24N4O2. The number of carbonyl (C=O) groups excluding carboxylic acids is 1. The van der Waals surface area contributed by atoms with E-state index in [2.05, 4.69) is 40.2 Å². The largest absolute Gasteiger partial charge is 0.419 e. The van der Waals surface area contributed by atoms with Crippen molar-refractivity contribution in [1.82, 2.24) is 4.90 Å². The number of carbonyl (C=O) groups is 1. The third-order valence-electron chi connectivity index (χ3n) is 5.92. The monoisotopic (exact) mass is 484 g/mol. The average Bonchev–Trinajstić information content (AvgIpc) is 3.24. The SMILES string of the molecule is CCN1C(=O)C(=Cc2ccc(N(c3ccccc3)c3ccccc3)cc2)OC1=Nc1ccccc1C#N. The van der Waals surface area contributed by atoms with Crippen molar-refractivity contribution < 1.29 is 9.53 Å². The number of amidine groups is 1. The van der Waals surface area contributed by atoms with Crippen LogP contribution in [0.25, 0.3) is 6.08 Å². The Morgan fingerprint density at radius 2 is 1.41 bits per heavy atom. The van der Waals surface area contributed by atoms with Gasteiger partial charge >= 0.3 is 6.02 Å². The molecule has 37 heavy (non-hydrogen) atoms. The van der Waals surface area contributed by atoms with Gasteiger partial charge in [0.1, 0.15) is 6.07 Å². The van der Waals surface area contributed by atoms with Gasteiger partial charge in [0.05, 0.1) is 11.3 Å². The summed E-state index contributed by atoms with van der Waals surface area (Å²) in [4.78, 5) is 21.1. The molecule has 4 aromatic rings. The number of rotatable bonds is 6. The van der Waals surface area contributed by atoms with E-state index in [4.69, 9.17) is 4.74 Å². The molecule has 1 aliphatic rings. The Hall–Kier alpha value is -5.15. The molecule has 4 aromatic carbocycles. The van der Waals surface area contributed by atoms with Gasteiger partial charge in [-0.2, -0.15) is 10.3 Å². The predicted octanol–water partition coefficient (Wildman–Crippen LogP) is 6.94. The van der Waals surface area contributed by atoms with Crippen LogP contribution < -0.4 is 4.90 Å². The maximum absolute atomic E-state index is 13.0. The van der Waals surface area contributed by atoms with Crippen molar-refractivity contribution in [2.45, 2.75) is 6.92 Å². The first-order valence-electron chi connectivity index (χ1n) is 12.0. The smallest absolute Gasteiger partial charge is 0.305 e. The molecule has 1 fully saturated rings. The molecule has 6 nitrogen and oxygen atoms in total. The van der Waals surface area contributed by atoms with Crippen LogP contribution in [0.2, 0.25) is 0 Å². The van der Waals surface area contributed by atoms with Crippen LogP contribution in [-0.4, -0.2) is 23.4 Å². The van der Waals surface area contributed by atoms with Crippen LogP contribution in [-0.2, 0) is 9.53 Å². The first-order chi connectivity index (χ1) is 18.2. The van der Waals surface area contributed by atoms with Gasteiger partial charge in [-0.15, -0.1) is 0 Å². The number of amides is 1. The Morgan fingerprint density at radius 3 is 2.00 bits per heavy atom. The molecule has 1 amide bonds. The van der Waals surface area contributed by atoms with E-state index in [1.54, 1.807) is 30.3 Å². The highest BCUT2D eigenvalue weighted by molar-refractivity contribution is 6.11. The highest BCUT2D eigenvalue weighted by Gasteiger charge is 2.33. The summed E-state index contributed by atoms with van der Waals surface area (Å²) in [6.07, 6.45) is 1.71. The molecule has 6 heteroatoms. The standard InChI is InChI=1S/C31H24N4O2/c1-2-34-30(36)29(37-31(34)33-28-16-10-9-11-24(28)22-32)21-23-17-19-27(20-18-23)35(25-12-5-3-6-13-25)26-14-7-4-8-15-26/h3-21H,2H2,1H3. The van der Waals surface area contributed by atoms with E-state index in [1.165, 1.54) is 4.90 Å². The minimum Gasteiger partial charge on any atom is -0.419 e. The summed E-state index contributed by atoms with van der Waals surface area (Å²) in [5, 5.41) is 9.37. The molecule has 1 aliphatic heterocycles. The van der Waals surface area contributed by atoms with Crippen LogP contribution in [0.1, 0.15) is 18.1 Å². The van der Waals surface area contributed by atoms with E-state index in [0.29, 0.717) is 17.8 Å². The minimum absolute atomic E-state index is 0.164. The Morgan fingerprint density at radius 1 is 0.838 bits per heavy atom. The number of hydrogen-bond acceptors (Lipinski definition) is 5. The lowest BCUT2D eigenvalue weighted by atomic mass is 10.1. The lowest BCUT2D eigenvalue weighted by Gasteiger charge is -2.25. The van der Waals surface area contributed by atoms with E-state index >= 15 is 0 Å². The van der Waals surface area contributed by atoms with Crippen molar-refractivity contribution in [1.29, 1.82) is 5.26 Å². The summed E-state index contributed by atoms with van der Waals surface area (Å²) < 4.78 is 5.87. The molecule has 0 aromatic heterocycles. The third kappa shape index (κ3) is 4.97. The fraction of sp³-hybridized carbons (Fsp3) is 0.0645. The number of anilines is 3. The van der Waals surface area contributed by atoms with Gasteiger partial charge in [-0.1, -0.05) is 60.7 Å². The van der Waals surface area contributed by atoms with E-state index < -0.39 is 0 Å². The van der Waals surface area contributed by atoms with Gasteiger partial charge in [0, 0.05) is 23.6 Å². The molecule has 5 rings (SSSR count). The third-order valence-corrected chi connectivity index (χ3v) is 5.92. The number of benzene rings is 4. The summed E-state index contributed by atoms with van der Waals surface area (Å²) in [6.45, 7) is 2.25. The van der Waals surface area contributed by atoms with Crippen molar-refractivity contribution in [3.8, 4) is 6.07 Å². The number of hydrogen-bond donors (Lipinski definition) is 0. The van der Waals surface area contributed by atoms with Gasteiger partial charge in [0.15, 0.2) is 5.76 Å². The topological polar surface area (TPSA) is 68.9 Å². The molecule has 1 saturated heterocycles. The fourth-order valence-corrected chi connectivity index (χ4v) is 4.11. The van der Waals surface area contributed by atoms with Crippen LogP contribution >= 0.6 is 0 Å². The Balaban J connectivity index is 1.45. The number of nitrogens with zero attached hydrogens (tertiary/aromatic N) is 4. The number of para-hydroxylation sites is 3. The molecule has 0 atom stereocenters. The van der Waals surface area contributed by atoms with Gasteiger partial charge in [0.25, 0.3) is 5.91 Å². The molecule has 1 heterocycles. The molecule has 0 N–H and O–H groups in total. The highest BCUT2D eigenvalue weighted by Crippen LogP contribution is 2.34. The summed E-state index contributed by atoms with van der Waals surface area (Å²) in [5.41, 5.74) is 4.78. The minimum atomic E-state index is -0.269. The first-order valence-corrected chi connectivity index (χ1v) is 12.0. The van der Waals surface area contributed by atoms with E-state index in [9.17, 15) is 10.1 Å². The normalized spacial score (nSPS) is 15.0. The zero-order valence-electron chi connectivity index (χ0n) is 20.3. The lowest BCUT2D eigenvalue weighted by Crippen LogP contribution is -2.29. The maximum atomic E-state index is 13.0. The van der Waals surface area contributed by atoms with Crippen LogP contribution in [0.5, 0.6) is 0 Å². The fourth-order valence-electron chi connectivity index (χ4n) is 4.11.